The van der Waals surface area contributed by atoms with Gasteiger partial charge in [-0.05, 0) is 6.92 Å². The molecule has 0 bridgehead atoms. The maximum atomic E-state index is 9.23. The van der Waals surface area contributed by atoms with Gasteiger partial charge in [0.05, 0.1) is 12.7 Å². The van der Waals surface area contributed by atoms with E-state index in [2.05, 4.69) is 0 Å². The van der Waals surface area contributed by atoms with Gasteiger partial charge >= 0.3 is 0 Å². The smallest absolute Gasteiger partial charge is 0.111 e. The van der Waals surface area contributed by atoms with Crippen LogP contribution in [0.1, 0.15) is 6.92 Å². The molecule has 5 atom stereocenters. The SMILES string of the molecule is CC1O[C@H](CO)[C@@H](O)[C@H](O)C1O. The van der Waals surface area contributed by atoms with Crippen LogP contribution in [0.4, 0.5) is 0 Å². The Morgan fingerprint density at radius 3 is 2.17 bits per heavy atom. The molecule has 72 valence electrons. The molecule has 0 radical (unpaired) electrons. The highest BCUT2D eigenvalue weighted by molar-refractivity contribution is 4.89. The van der Waals surface area contributed by atoms with Crippen molar-refractivity contribution in [2.75, 3.05) is 6.61 Å². The van der Waals surface area contributed by atoms with Gasteiger partial charge in [-0.2, -0.15) is 0 Å². The van der Waals surface area contributed by atoms with Crippen LogP contribution in [0.3, 0.4) is 0 Å². The third-order valence-corrected chi connectivity index (χ3v) is 2.13. The zero-order chi connectivity index (χ0) is 9.30. The number of aliphatic hydroxyl groups excluding tert-OH is 4. The van der Waals surface area contributed by atoms with E-state index in [-0.39, 0.29) is 6.61 Å². The lowest BCUT2D eigenvalue weighted by Crippen LogP contribution is -2.57. The van der Waals surface area contributed by atoms with Crippen LogP contribution in [-0.2, 0) is 4.74 Å². The van der Waals surface area contributed by atoms with E-state index in [4.69, 9.17) is 9.84 Å². The van der Waals surface area contributed by atoms with Gasteiger partial charge in [-0.15, -0.1) is 0 Å². The van der Waals surface area contributed by atoms with Crippen molar-refractivity contribution < 1.29 is 25.2 Å². The molecule has 5 nitrogen and oxygen atoms in total. The molecule has 5 heteroatoms. The molecule has 0 amide bonds. The Morgan fingerprint density at radius 2 is 1.67 bits per heavy atom. The Morgan fingerprint density at radius 1 is 1.08 bits per heavy atom. The fraction of sp³-hybridized carbons (Fsp3) is 1.00. The molecule has 4 N–H and O–H groups in total. The lowest BCUT2D eigenvalue weighted by Gasteiger charge is -2.38. The van der Waals surface area contributed by atoms with Crippen LogP contribution >= 0.6 is 0 Å². The molecule has 1 rings (SSSR count). The van der Waals surface area contributed by atoms with Crippen LogP contribution < -0.4 is 0 Å². The van der Waals surface area contributed by atoms with E-state index in [1.54, 1.807) is 6.92 Å². The first-order valence-corrected chi connectivity index (χ1v) is 3.88. The first-order chi connectivity index (χ1) is 5.57. The summed E-state index contributed by atoms with van der Waals surface area (Å²) in [6, 6.07) is 0. The number of aliphatic hydroxyl groups is 4. The number of ether oxygens (including phenoxy) is 1. The molecule has 1 aliphatic heterocycles. The molecule has 0 aliphatic carbocycles. The molecular weight excluding hydrogens is 164 g/mol. The van der Waals surface area contributed by atoms with Crippen LogP contribution in [0, 0.1) is 0 Å². The van der Waals surface area contributed by atoms with Crippen molar-refractivity contribution in [2.24, 2.45) is 0 Å². The second-order valence-corrected chi connectivity index (χ2v) is 3.03. The standard InChI is InChI=1S/C7H14O5/c1-3-5(9)7(11)6(10)4(2-8)12-3/h3-11H,2H2,1H3/t3?,4-,5?,6-,7-/m1/s1. The average molecular weight is 178 g/mol. The minimum absolute atomic E-state index is 0.366. The number of hydrogen-bond donors (Lipinski definition) is 4. The molecule has 1 fully saturated rings. The van der Waals surface area contributed by atoms with E-state index in [0.717, 1.165) is 0 Å². The van der Waals surface area contributed by atoms with Crippen LogP contribution in [-0.4, -0.2) is 57.6 Å². The van der Waals surface area contributed by atoms with Gasteiger partial charge in [-0.3, -0.25) is 0 Å². The van der Waals surface area contributed by atoms with Crippen molar-refractivity contribution >= 4 is 0 Å². The quantitative estimate of drug-likeness (QED) is 0.367. The van der Waals surface area contributed by atoms with Gasteiger partial charge in [0, 0.05) is 0 Å². The number of rotatable bonds is 1. The van der Waals surface area contributed by atoms with Crippen molar-refractivity contribution in [1.82, 2.24) is 0 Å². The highest BCUT2D eigenvalue weighted by atomic mass is 16.5. The van der Waals surface area contributed by atoms with E-state index < -0.39 is 30.5 Å². The summed E-state index contributed by atoms with van der Waals surface area (Å²) in [6.07, 6.45) is -4.94. The van der Waals surface area contributed by atoms with Crippen LogP contribution in [0.25, 0.3) is 0 Å². The predicted molar refractivity (Wildman–Crippen MR) is 39.4 cm³/mol. The van der Waals surface area contributed by atoms with Gasteiger partial charge in [-0.1, -0.05) is 0 Å². The molecule has 2 unspecified atom stereocenters. The molecule has 0 saturated carbocycles. The Balaban J connectivity index is 2.63. The fourth-order valence-electron chi connectivity index (χ4n) is 1.29. The Labute approximate surface area is 70.2 Å². The van der Waals surface area contributed by atoms with E-state index >= 15 is 0 Å². The van der Waals surface area contributed by atoms with Gasteiger partial charge in [0.15, 0.2) is 0 Å². The molecule has 1 saturated heterocycles. The van der Waals surface area contributed by atoms with Gasteiger partial charge < -0.3 is 25.2 Å². The number of hydrogen-bond acceptors (Lipinski definition) is 5. The second-order valence-electron chi connectivity index (χ2n) is 3.03. The van der Waals surface area contributed by atoms with Gasteiger partial charge in [0.1, 0.15) is 24.4 Å². The molecule has 0 spiro atoms. The van der Waals surface area contributed by atoms with Gasteiger partial charge in [0.2, 0.25) is 0 Å². The molecule has 12 heavy (non-hydrogen) atoms. The van der Waals surface area contributed by atoms with E-state index in [1.165, 1.54) is 0 Å². The van der Waals surface area contributed by atoms with Crippen LogP contribution in [0.5, 0.6) is 0 Å². The van der Waals surface area contributed by atoms with Crippen molar-refractivity contribution in [2.45, 2.75) is 37.4 Å². The minimum atomic E-state index is -1.24. The Kier molecular flexibility index (Phi) is 3.03. The summed E-state index contributed by atoms with van der Waals surface area (Å²) in [7, 11) is 0. The normalized spacial score (nSPS) is 49.2. The highest BCUT2D eigenvalue weighted by Gasteiger charge is 2.41. The first kappa shape index (κ1) is 9.88. The maximum absolute atomic E-state index is 9.23. The maximum Gasteiger partial charge on any atom is 0.111 e. The highest BCUT2D eigenvalue weighted by Crippen LogP contribution is 2.20. The predicted octanol–water partition coefficient (Wildman–Crippen LogP) is -2.15. The zero-order valence-corrected chi connectivity index (χ0v) is 6.79. The van der Waals surface area contributed by atoms with Crippen molar-refractivity contribution in [3.63, 3.8) is 0 Å². The second kappa shape index (κ2) is 3.68. The average Bonchev–Trinajstić information content (AvgIpc) is 2.08. The Bertz CT molecular complexity index is 146. The van der Waals surface area contributed by atoms with Crippen molar-refractivity contribution in [3.8, 4) is 0 Å². The molecule has 0 aromatic carbocycles. The van der Waals surface area contributed by atoms with E-state index in [0.29, 0.717) is 0 Å². The third-order valence-electron chi connectivity index (χ3n) is 2.13. The molecule has 0 aromatic heterocycles. The van der Waals surface area contributed by atoms with E-state index in [1.807, 2.05) is 0 Å². The summed E-state index contributed by atoms with van der Waals surface area (Å²) in [4.78, 5) is 0. The molecule has 1 aliphatic rings. The van der Waals surface area contributed by atoms with Crippen LogP contribution in [0.2, 0.25) is 0 Å². The largest absolute Gasteiger partial charge is 0.394 e. The molecule has 0 aromatic rings. The minimum Gasteiger partial charge on any atom is -0.394 e. The van der Waals surface area contributed by atoms with Crippen molar-refractivity contribution in [1.29, 1.82) is 0 Å². The van der Waals surface area contributed by atoms with Gasteiger partial charge in [-0.25, -0.2) is 0 Å². The monoisotopic (exact) mass is 178 g/mol. The zero-order valence-electron chi connectivity index (χ0n) is 6.79. The van der Waals surface area contributed by atoms with E-state index in [9.17, 15) is 15.3 Å². The summed E-state index contributed by atoms with van der Waals surface area (Å²) < 4.78 is 5.02. The third kappa shape index (κ3) is 1.60. The van der Waals surface area contributed by atoms with Gasteiger partial charge in [0.25, 0.3) is 0 Å². The Hall–Kier alpha value is -0.200. The fourth-order valence-corrected chi connectivity index (χ4v) is 1.29. The topological polar surface area (TPSA) is 90.2 Å². The summed E-state index contributed by atoms with van der Waals surface area (Å²) in [5.74, 6) is 0. The lowest BCUT2D eigenvalue weighted by atomic mass is 9.96. The van der Waals surface area contributed by atoms with Crippen LogP contribution in [0.15, 0.2) is 0 Å². The molecular formula is C7H14O5. The summed E-state index contributed by atoms with van der Waals surface area (Å²) >= 11 is 0. The summed E-state index contributed by atoms with van der Waals surface area (Å²) in [5.41, 5.74) is 0. The summed E-state index contributed by atoms with van der Waals surface area (Å²) in [5, 5.41) is 36.4. The first-order valence-electron chi connectivity index (χ1n) is 3.88. The van der Waals surface area contributed by atoms with Crippen molar-refractivity contribution in [3.05, 3.63) is 0 Å². The lowest BCUT2D eigenvalue weighted by molar-refractivity contribution is -0.224. The molecule has 1 heterocycles. The summed E-state index contributed by atoms with van der Waals surface area (Å²) in [6.45, 7) is 1.21.